The zero-order valence-electron chi connectivity index (χ0n) is 12.1. The van der Waals surface area contributed by atoms with Crippen molar-refractivity contribution in [2.45, 2.75) is 37.9 Å². The van der Waals surface area contributed by atoms with Crippen molar-refractivity contribution in [2.24, 2.45) is 5.73 Å². The highest BCUT2D eigenvalue weighted by atomic mass is 16.5. The second-order valence-electron chi connectivity index (χ2n) is 5.69. The Morgan fingerprint density at radius 2 is 2.16 bits per heavy atom. The van der Waals surface area contributed by atoms with Crippen molar-refractivity contribution in [1.29, 1.82) is 0 Å². The van der Waals surface area contributed by atoms with Crippen molar-refractivity contribution >= 4 is 5.69 Å². The second kappa shape index (κ2) is 6.26. The van der Waals surface area contributed by atoms with E-state index in [-0.39, 0.29) is 0 Å². The molecule has 0 spiro atoms. The zero-order valence-corrected chi connectivity index (χ0v) is 12.1. The second-order valence-corrected chi connectivity index (χ2v) is 5.69. The van der Waals surface area contributed by atoms with Crippen LogP contribution in [0.5, 0.6) is 5.75 Å². The molecule has 0 aromatic heterocycles. The van der Waals surface area contributed by atoms with Gasteiger partial charge in [-0.3, -0.25) is 0 Å². The minimum absolute atomic E-state index is 0.341. The molecule has 0 aliphatic heterocycles. The minimum atomic E-state index is 0.341. The van der Waals surface area contributed by atoms with E-state index in [2.05, 4.69) is 36.4 Å². The van der Waals surface area contributed by atoms with Gasteiger partial charge >= 0.3 is 0 Å². The first kappa shape index (κ1) is 14.2. The van der Waals surface area contributed by atoms with Crippen LogP contribution in [0.25, 0.3) is 0 Å². The third-order valence-electron chi connectivity index (χ3n) is 3.60. The molecule has 2 unspecified atom stereocenters. The predicted molar refractivity (Wildman–Crippen MR) is 79.6 cm³/mol. The molecule has 1 aliphatic rings. The molecule has 0 heterocycles. The number of nitrogens with two attached hydrogens (primary N) is 1. The van der Waals surface area contributed by atoms with Crippen LogP contribution in [0.15, 0.2) is 18.2 Å². The van der Waals surface area contributed by atoms with Crippen LogP contribution in [0.4, 0.5) is 5.69 Å². The van der Waals surface area contributed by atoms with E-state index in [1.165, 1.54) is 5.56 Å². The molecule has 0 saturated heterocycles. The smallest absolute Gasteiger partial charge is 0.141 e. The third kappa shape index (κ3) is 3.85. The van der Waals surface area contributed by atoms with E-state index in [0.29, 0.717) is 12.1 Å². The summed E-state index contributed by atoms with van der Waals surface area (Å²) in [5.41, 5.74) is 8.34. The first-order valence-corrected chi connectivity index (χ1v) is 6.92. The maximum absolute atomic E-state index is 5.97. The lowest BCUT2D eigenvalue weighted by Crippen LogP contribution is -2.21. The zero-order chi connectivity index (χ0) is 13.8. The first-order chi connectivity index (χ1) is 9.08. The third-order valence-corrected chi connectivity index (χ3v) is 3.60. The summed E-state index contributed by atoms with van der Waals surface area (Å²) >= 11 is 0. The van der Waals surface area contributed by atoms with Crippen LogP contribution >= 0.6 is 0 Å². The van der Waals surface area contributed by atoms with Crippen LogP contribution in [-0.2, 0) is 6.54 Å². The van der Waals surface area contributed by atoms with Gasteiger partial charge in [-0.2, -0.15) is 0 Å². The summed E-state index contributed by atoms with van der Waals surface area (Å²) in [6.45, 7) is 0.933. The van der Waals surface area contributed by atoms with Gasteiger partial charge in [-0.1, -0.05) is 6.07 Å². The molecule has 106 valence electrons. The highest BCUT2D eigenvalue weighted by Crippen LogP contribution is 2.29. The molecular formula is C15H25N3O. The van der Waals surface area contributed by atoms with Gasteiger partial charge < -0.3 is 20.7 Å². The molecule has 4 heteroatoms. The summed E-state index contributed by atoms with van der Waals surface area (Å²) in [6.07, 6.45) is 3.29. The Morgan fingerprint density at radius 3 is 2.74 bits per heavy atom. The van der Waals surface area contributed by atoms with E-state index < -0.39 is 0 Å². The highest BCUT2D eigenvalue weighted by molar-refractivity contribution is 5.58. The lowest BCUT2D eigenvalue weighted by molar-refractivity contribution is 0.400. The van der Waals surface area contributed by atoms with E-state index in [4.69, 9.17) is 10.5 Å². The monoisotopic (exact) mass is 263 g/mol. The van der Waals surface area contributed by atoms with E-state index >= 15 is 0 Å². The van der Waals surface area contributed by atoms with E-state index in [1.807, 2.05) is 6.07 Å². The van der Waals surface area contributed by atoms with Gasteiger partial charge in [0.05, 0.1) is 12.8 Å². The molecule has 19 heavy (non-hydrogen) atoms. The number of benzene rings is 1. The Morgan fingerprint density at radius 1 is 1.37 bits per heavy atom. The number of hydrogen-bond donors (Lipinski definition) is 2. The normalized spacial score (nSPS) is 22.8. The standard InChI is InChI=1S/C15H25N3O/c1-18(2)10-11-4-7-15(19-3)14(8-11)17-13-6-5-12(16)9-13/h4,7-8,12-13,17H,5-6,9-10,16H2,1-3H3. The van der Waals surface area contributed by atoms with Gasteiger partial charge in [0, 0.05) is 18.6 Å². The maximum Gasteiger partial charge on any atom is 0.141 e. The molecular weight excluding hydrogens is 238 g/mol. The average molecular weight is 263 g/mol. The van der Waals surface area contributed by atoms with Gasteiger partial charge in [0.2, 0.25) is 0 Å². The largest absolute Gasteiger partial charge is 0.495 e. The molecule has 2 rings (SSSR count). The lowest BCUT2D eigenvalue weighted by atomic mass is 10.1. The number of methoxy groups -OCH3 is 1. The van der Waals surface area contributed by atoms with Crippen LogP contribution in [0.3, 0.4) is 0 Å². The van der Waals surface area contributed by atoms with Gasteiger partial charge in [0.25, 0.3) is 0 Å². The Balaban J connectivity index is 2.11. The van der Waals surface area contributed by atoms with E-state index in [1.54, 1.807) is 7.11 Å². The van der Waals surface area contributed by atoms with Crippen molar-refractivity contribution in [3.05, 3.63) is 23.8 Å². The molecule has 0 radical (unpaired) electrons. The van der Waals surface area contributed by atoms with Crippen molar-refractivity contribution in [1.82, 2.24) is 4.90 Å². The van der Waals surface area contributed by atoms with E-state index in [9.17, 15) is 0 Å². The summed E-state index contributed by atoms with van der Waals surface area (Å²) in [5, 5.41) is 3.58. The topological polar surface area (TPSA) is 50.5 Å². The number of hydrogen-bond acceptors (Lipinski definition) is 4. The number of nitrogens with zero attached hydrogens (tertiary/aromatic N) is 1. The molecule has 0 bridgehead atoms. The van der Waals surface area contributed by atoms with Gasteiger partial charge in [-0.25, -0.2) is 0 Å². The van der Waals surface area contributed by atoms with Crippen molar-refractivity contribution in [3.8, 4) is 5.75 Å². The van der Waals surface area contributed by atoms with Crippen LogP contribution in [-0.4, -0.2) is 38.2 Å². The number of anilines is 1. The SMILES string of the molecule is COc1ccc(CN(C)C)cc1NC1CCC(N)C1. The fourth-order valence-electron chi connectivity index (χ4n) is 2.70. The molecule has 4 nitrogen and oxygen atoms in total. The fourth-order valence-corrected chi connectivity index (χ4v) is 2.70. The maximum atomic E-state index is 5.97. The van der Waals surface area contributed by atoms with Crippen molar-refractivity contribution in [3.63, 3.8) is 0 Å². The van der Waals surface area contributed by atoms with E-state index in [0.717, 1.165) is 37.2 Å². The Bertz CT molecular complexity index is 420. The molecule has 1 aliphatic carbocycles. The van der Waals surface area contributed by atoms with Gasteiger partial charge in [0.1, 0.15) is 5.75 Å². The summed E-state index contributed by atoms with van der Waals surface area (Å²) in [7, 11) is 5.87. The molecule has 2 atom stereocenters. The number of rotatable bonds is 5. The van der Waals surface area contributed by atoms with Crippen LogP contribution in [0.1, 0.15) is 24.8 Å². The average Bonchev–Trinajstić information content (AvgIpc) is 2.74. The van der Waals surface area contributed by atoms with Crippen LogP contribution in [0, 0.1) is 0 Å². The Labute approximate surface area is 115 Å². The summed E-state index contributed by atoms with van der Waals surface area (Å²) in [6, 6.07) is 7.15. The number of ether oxygens (including phenoxy) is 1. The quantitative estimate of drug-likeness (QED) is 0.853. The minimum Gasteiger partial charge on any atom is -0.495 e. The Hall–Kier alpha value is -1.26. The summed E-state index contributed by atoms with van der Waals surface area (Å²) in [5.74, 6) is 0.906. The lowest BCUT2D eigenvalue weighted by Gasteiger charge is -2.18. The molecule has 0 amide bonds. The van der Waals surface area contributed by atoms with Crippen molar-refractivity contribution in [2.75, 3.05) is 26.5 Å². The molecule has 1 aromatic carbocycles. The summed E-state index contributed by atoms with van der Waals surface area (Å²) in [4.78, 5) is 2.16. The molecule has 1 fully saturated rings. The van der Waals surface area contributed by atoms with Crippen molar-refractivity contribution < 1.29 is 4.74 Å². The van der Waals surface area contributed by atoms with Gasteiger partial charge in [0.15, 0.2) is 0 Å². The van der Waals surface area contributed by atoms with Crippen LogP contribution in [0.2, 0.25) is 0 Å². The highest BCUT2D eigenvalue weighted by Gasteiger charge is 2.22. The first-order valence-electron chi connectivity index (χ1n) is 6.92. The summed E-state index contributed by atoms with van der Waals surface area (Å²) < 4.78 is 5.44. The molecule has 1 saturated carbocycles. The van der Waals surface area contributed by atoms with Gasteiger partial charge in [-0.15, -0.1) is 0 Å². The molecule has 3 N–H and O–H groups in total. The van der Waals surface area contributed by atoms with Crippen LogP contribution < -0.4 is 15.8 Å². The molecule has 1 aromatic rings. The Kier molecular flexibility index (Phi) is 4.66. The number of nitrogens with one attached hydrogen (secondary N) is 1. The van der Waals surface area contributed by atoms with Gasteiger partial charge in [-0.05, 0) is 51.1 Å². The fraction of sp³-hybridized carbons (Fsp3) is 0.600. The predicted octanol–water partition coefficient (Wildman–Crippen LogP) is 2.05.